The third-order valence-corrected chi connectivity index (χ3v) is 3.21. The van der Waals surface area contributed by atoms with Crippen LogP contribution in [0.25, 0.3) is 0 Å². The largest absolute Gasteiger partial charge is 0.321 e. The second kappa shape index (κ2) is 6.21. The summed E-state index contributed by atoms with van der Waals surface area (Å²) in [5.41, 5.74) is 7.05. The van der Waals surface area contributed by atoms with Crippen LogP contribution in [0.15, 0.2) is 22.7 Å². The molecule has 1 aromatic heterocycles. The van der Waals surface area contributed by atoms with Crippen molar-refractivity contribution in [3.63, 3.8) is 0 Å². The van der Waals surface area contributed by atoms with E-state index in [0.29, 0.717) is 22.3 Å². The molecule has 0 fully saturated rings. The zero-order chi connectivity index (χ0) is 14.7. The lowest BCUT2D eigenvalue weighted by Gasteiger charge is -1.99. The summed E-state index contributed by atoms with van der Waals surface area (Å²) >= 11 is 12.0. The van der Waals surface area contributed by atoms with Gasteiger partial charge in [-0.25, -0.2) is 0 Å². The maximum atomic E-state index is 11.1. The fourth-order valence-corrected chi connectivity index (χ4v) is 2.17. The maximum Gasteiger partial charge on any atom is 0.306 e. The van der Waals surface area contributed by atoms with Crippen molar-refractivity contribution in [2.75, 3.05) is 5.32 Å². The highest BCUT2D eigenvalue weighted by molar-refractivity contribution is 6.35. The molecule has 6 nitrogen and oxygen atoms in total. The first kappa shape index (κ1) is 14.8. The zero-order valence-electron chi connectivity index (χ0n) is 10.7. The summed E-state index contributed by atoms with van der Waals surface area (Å²) in [6.45, 7) is 1.92. The Morgan fingerprint density at radius 1 is 1.50 bits per heavy atom. The minimum atomic E-state index is -0.257. The van der Waals surface area contributed by atoms with E-state index in [1.807, 2.05) is 0 Å². The molecular formula is C12H13Cl2N4O2+. The van der Waals surface area contributed by atoms with E-state index < -0.39 is 0 Å². The topological polar surface area (TPSA) is 85.0 Å². The van der Waals surface area contributed by atoms with Gasteiger partial charge in [0.15, 0.2) is 0 Å². The van der Waals surface area contributed by atoms with Gasteiger partial charge in [0, 0.05) is 17.5 Å². The first-order chi connectivity index (χ1) is 9.51. The molecule has 3 N–H and O–H groups in total. The number of nitrogens with two attached hydrogens (primary N) is 1. The molecule has 0 spiro atoms. The number of carbonyl (C=O) groups is 1. The zero-order valence-corrected chi connectivity index (χ0v) is 12.2. The van der Waals surface area contributed by atoms with Gasteiger partial charge in [-0.2, -0.15) is 0 Å². The van der Waals surface area contributed by atoms with Crippen LogP contribution in [0.5, 0.6) is 0 Å². The van der Waals surface area contributed by atoms with E-state index in [9.17, 15) is 4.79 Å². The molecule has 1 aromatic carbocycles. The summed E-state index contributed by atoms with van der Waals surface area (Å²) in [6, 6.07) is 5.18. The SMILES string of the molecule is CC(=O)Nc1on[n+](Cc2ccc(Cl)cc2Cl)c1CN. The van der Waals surface area contributed by atoms with Crippen LogP contribution in [0.1, 0.15) is 18.2 Å². The second-order valence-corrected chi connectivity index (χ2v) is 4.97. The number of hydrogen-bond donors (Lipinski definition) is 2. The maximum absolute atomic E-state index is 11.1. The number of hydrogen-bond acceptors (Lipinski definition) is 4. The molecular weight excluding hydrogens is 303 g/mol. The van der Waals surface area contributed by atoms with Crippen LogP contribution >= 0.6 is 23.2 Å². The van der Waals surface area contributed by atoms with Gasteiger partial charge >= 0.3 is 5.88 Å². The standard InChI is InChI=1S/C12H12Cl2N4O2/c1-7(19)16-12-11(5-15)18(17-20-12)6-8-2-3-9(13)4-10(8)14/h2-4H,5-6,15H2,1H3/p+1. The molecule has 106 valence electrons. The molecule has 0 saturated heterocycles. The Balaban J connectivity index is 2.29. The number of halogens is 2. The Labute approximate surface area is 125 Å². The van der Waals surface area contributed by atoms with Gasteiger partial charge in [0.25, 0.3) is 5.69 Å². The van der Waals surface area contributed by atoms with Crippen molar-refractivity contribution in [3.05, 3.63) is 39.5 Å². The molecule has 2 rings (SSSR count). The van der Waals surface area contributed by atoms with Gasteiger partial charge in [0.05, 0.1) is 11.6 Å². The average molecular weight is 316 g/mol. The summed E-state index contributed by atoms with van der Waals surface area (Å²) in [5.74, 6) is -0.0161. The van der Waals surface area contributed by atoms with Crippen molar-refractivity contribution >= 4 is 35.0 Å². The summed E-state index contributed by atoms with van der Waals surface area (Å²) < 4.78 is 6.61. The highest BCUT2D eigenvalue weighted by atomic mass is 35.5. The molecule has 8 heteroatoms. The highest BCUT2D eigenvalue weighted by Gasteiger charge is 2.24. The minimum Gasteiger partial charge on any atom is -0.321 e. The lowest BCUT2D eigenvalue weighted by Crippen LogP contribution is -2.41. The summed E-state index contributed by atoms with van der Waals surface area (Å²) in [6.07, 6.45) is 0. The lowest BCUT2D eigenvalue weighted by molar-refractivity contribution is -0.760. The molecule has 0 radical (unpaired) electrons. The van der Waals surface area contributed by atoms with E-state index in [0.717, 1.165) is 5.56 Å². The quantitative estimate of drug-likeness (QED) is 0.841. The number of amides is 1. The fraction of sp³-hybridized carbons (Fsp3) is 0.250. The van der Waals surface area contributed by atoms with Crippen LogP contribution in [-0.2, 0) is 17.9 Å². The van der Waals surface area contributed by atoms with Crippen LogP contribution in [0.3, 0.4) is 0 Å². The Hall–Kier alpha value is -1.63. The van der Waals surface area contributed by atoms with Crippen molar-refractivity contribution < 1.29 is 14.0 Å². The lowest BCUT2D eigenvalue weighted by atomic mass is 10.2. The van der Waals surface area contributed by atoms with Crippen LogP contribution < -0.4 is 15.7 Å². The van der Waals surface area contributed by atoms with Crippen molar-refractivity contribution in [2.24, 2.45) is 5.73 Å². The van der Waals surface area contributed by atoms with Gasteiger partial charge in [-0.1, -0.05) is 23.2 Å². The van der Waals surface area contributed by atoms with Gasteiger partial charge in [0.2, 0.25) is 17.7 Å². The van der Waals surface area contributed by atoms with Crippen molar-refractivity contribution in [2.45, 2.75) is 20.0 Å². The van der Waals surface area contributed by atoms with Gasteiger partial charge in [0.1, 0.15) is 0 Å². The molecule has 0 saturated carbocycles. The molecule has 0 bridgehead atoms. The van der Waals surface area contributed by atoms with E-state index in [1.165, 1.54) is 6.92 Å². The van der Waals surface area contributed by atoms with E-state index in [-0.39, 0.29) is 18.3 Å². The van der Waals surface area contributed by atoms with Crippen molar-refractivity contribution in [1.29, 1.82) is 0 Å². The third-order valence-electron chi connectivity index (χ3n) is 2.62. The van der Waals surface area contributed by atoms with Crippen LogP contribution in [0.4, 0.5) is 5.88 Å². The average Bonchev–Trinajstić information content (AvgIpc) is 2.74. The predicted molar refractivity (Wildman–Crippen MR) is 74.5 cm³/mol. The van der Waals surface area contributed by atoms with Gasteiger partial charge < -0.3 is 5.73 Å². The number of anilines is 1. The molecule has 0 aliphatic heterocycles. The molecule has 20 heavy (non-hydrogen) atoms. The number of benzene rings is 1. The van der Waals surface area contributed by atoms with Gasteiger partial charge in [-0.05, 0) is 22.9 Å². The van der Waals surface area contributed by atoms with Crippen LogP contribution in [-0.4, -0.2) is 11.2 Å². The smallest absolute Gasteiger partial charge is 0.306 e. The van der Waals surface area contributed by atoms with E-state index >= 15 is 0 Å². The highest BCUT2D eigenvalue weighted by Crippen LogP contribution is 2.21. The first-order valence-electron chi connectivity index (χ1n) is 5.81. The summed E-state index contributed by atoms with van der Waals surface area (Å²) in [5, 5.41) is 7.47. The number of nitrogens with one attached hydrogen (secondary N) is 1. The van der Waals surface area contributed by atoms with Crippen LogP contribution in [0.2, 0.25) is 10.0 Å². The molecule has 1 heterocycles. The van der Waals surface area contributed by atoms with Gasteiger partial charge in [-0.15, -0.1) is 0 Å². The summed E-state index contributed by atoms with van der Waals surface area (Å²) in [4.78, 5) is 11.1. The number of rotatable bonds is 4. The predicted octanol–water partition coefficient (Wildman–Crippen LogP) is 1.73. The number of carbonyl (C=O) groups excluding carboxylic acids is 1. The van der Waals surface area contributed by atoms with E-state index in [4.69, 9.17) is 33.5 Å². The van der Waals surface area contributed by atoms with Crippen molar-refractivity contribution in [1.82, 2.24) is 5.27 Å². The third kappa shape index (κ3) is 3.27. The monoisotopic (exact) mass is 315 g/mol. The van der Waals surface area contributed by atoms with E-state index in [1.54, 1.807) is 22.9 Å². The molecule has 0 aliphatic carbocycles. The second-order valence-electron chi connectivity index (χ2n) is 4.13. The number of nitrogens with zero attached hydrogens (tertiary/aromatic N) is 2. The van der Waals surface area contributed by atoms with Crippen molar-refractivity contribution in [3.8, 4) is 0 Å². The summed E-state index contributed by atoms with van der Waals surface area (Å²) in [7, 11) is 0. The number of aromatic nitrogens is 2. The molecule has 2 aromatic rings. The minimum absolute atomic E-state index is 0.171. The molecule has 0 aliphatic rings. The Bertz CT molecular complexity index is 642. The molecule has 0 atom stereocenters. The van der Waals surface area contributed by atoms with E-state index in [2.05, 4.69) is 10.6 Å². The fourth-order valence-electron chi connectivity index (χ4n) is 1.70. The first-order valence-corrected chi connectivity index (χ1v) is 6.57. The Kier molecular flexibility index (Phi) is 4.59. The normalized spacial score (nSPS) is 10.6. The Morgan fingerprint density at radius 3 is 2.85 bits per heavy atom. The molecule has 0 unspecified atom stereocenters. The Morgan fingerprint density at radius 2 is 2.25 bits per heavy atom. The van der Waals surface area contributed by atoms with Crippen LogP contribution in [0, 0.1) is 0 Å². The molecule has 1 amide bonds. The van der Waals surface area contributed by atoms with Gasteiger partial charge in [-0.3, -0.25) is 14.6 Å².